The topological polar surface area (TPSA) is 39.5 Å². The molecular weight excluding hydrogens is 604 g/mol. The second-order valence-corrected chi connectivity index (χ2v) is 8.33. The molecule has 0 amide bonds. The van der Waals surface area contributed by atoms with Crippen LogP contribution in [-0.2, 0) is 25.7 Å². The van der Waals surface area contributed by atoms with Gasteiger partial charge in [0.2, 0.25) is 0 Å². The van der Waals surface area contributed by atoms with E-state index < -0.39 is 0 Å². The number of pyridine rings is 1. The van der Waals surface area contributed by atoms with Crippen molar-refractivity contribution in [3.8, 4) is 17.3 Å². The summed E-state index contributed by atoms with van der Waals surface area (Å²) >= 11 is 0. The van der Waals surface area contributed by atoms with E-state index in [1.807, 2.05) is 48.5 Å². The van der Waals surface area contributed by atoms with E-state index >= 15 is 0 Å². The second kappa shape index (κ2) is 8.07. The van der Waals surface area contributed by atoms with E-state index in [1.54, 1.807) is 6.20 Å². The average Bonchev–Trinajstić information content (AvgIpc) is 3.46. The standard InChI is InChI=1S/C27H18BN3O2.Pt/c1-30-25-17-26(25)33-28(30)18-7-6-8-19(15-18)32-20-12-13-22-21-9-2-3-10-23(21)31(24(22)16-20)27-11-4-5-14-29-27;/h2-14H,17H2,1H3;/q-2;+2. The molecule has 0 saturated carbocycles. The molecule has 34 heavy (non-hydrogen) atoms. The number of nitrogens with zero attached hydrogens (tertiary/aromatic N) is 3. The van der Waals surface area contributed by atoms with Crippen molar-refractivity contribution in [2.45, 2.75) is 6.42 Å². The Hall–Kier alpha value is -3.50. The zero-order valence-corrected chi connectivity index (χ0v) is 20.5. The van der Waals surface area contributed by atoms with Crippen LogP contribution >= 0.6 is 0 Å². The number of benzene rings is 3. The maximum Gasteiger partial charge on any atom is 2.00 e. The van der Waals surface area contributed by atoms with E-state index in [2.05, 4.69) is 57.8 Å². The summed E-state index contributed by atoms with van der Waals surface area (Å²) in [5.74, 6) is 3.20. The van der Waals surface area contributed by atoms with Crippen LogP contribution < -0.4 is 10.2 Å². The molecule has 1 aliphatic carbocycles. The van der Waals surface area contributed by atoms with Crippen molar-refractivity contribution in [1.29, 1.82) is 0 Å². The third kappa shape index (κ3) is 3.33. The third-order valence-corrected chi connectivity index (χ3v) is 6.27. The number of allylic oxidation sites excluding steroid dienone is 2. The van der Waals surface area contributed by atoms with Gasteiger partial charge in [-0.05, 0) is 30.6 Å². The molecule has 2 aromatic heterocycles. The number of rotatable bonds is 4. The van der Waals surface area contributed by atoms with Crippen molar-refractivity contribution in [2.75, 3.05) is 7.05 Å². The molecule has 3 heterocycles. The van der Waals surface area contributed by atoms with Crippen LogP contribution in [-0.4, -0.2) is 28.5 Å². The minimum Gasteiger partial charge on any atom is -0.540 e. The van der Waals surface area contributed by atoms with Gasteiger partial charge < -0.3 is 18.8 Å². The van der Waals surface area contributed by atoms with E-state index in [0.717, 1.165) is 45.3 Å². The molecule has 166 valence electrons. The van der Waals surface area contributed by atoms with E-state index in [4.69, 9.17) is 9.39 Å². The molecule has 3 aromatic carbocycles. The Bertz CT molecular complexity index is 1580. The molecule has 0 atom stereocenters. The fraction of sp³-hybridized carbons (Fsp3) is 0.0741. The predicted molar refractivity (Wildman–Crippen MR) is 129 cm³/mol. The number of ether oxygens (including phenoxy) is 1. The van der Waals surface area contributed by atoms with Crippen molar-refractivity contribution in [3.63, 3.8) is 0 Å². The summed E-state index contributed by atoms with van der Waals surface area (Å²) in [4.78, 5) is 6.74. The quantitative estimate of drug-likeness (QED) is 0.213. The summed E-state index contributed by atoms with van der Waals surface area (Å²) in [6.45, 7) is 0. The van der Waals surface area contributed by atoms with Crippen LogP contribution in [0.4, 0.5) is 0 Å². The summed E-state index contributed by atoms with van der Waals surface area (Å²) in [6.07, 6.45) is 2.77. The van der Waals surface area contributed by atoms with Gasteiger partial charge in [-0.15, -0.1) is 35.1 Å². The number of hydrogen-bond donors (Lipinski definition) is 0. The smallest absolute Gasteiger partial charge is 0.540 e. The Labute approximate surface area is 212 Å². The van der Waals surface area contributed by atoms with Crippen LogP contribution in [0.3, 0.4) is 0 Å². The molecule has 0 bridgehead atoms. The predicted octanol–water partition coefficient (Wildman–Crippen LogP) is 4.84. The Balaban J connectivity index is 0.00000217. The maximum atomic E-state index is 6.21. The number of hydrogen-bond acceptors (Lipinski definition) is 4. The average molecular weight is 622 g/mol. The van der Waals surface area contributed by atoms with Crippen molar-refractivity contribution < 1.29 is 30.5 Å². The van der Waals surface area contributed by atoms with Gasteiger partial charge >= 0.3 is 28.1 Å². The minimum atomic E-state index is -0.134. The fourth-order valence-electron chi connectivity index (χ4n) is 4.61. The molecule has 7 heteroatoms. The van der Waals surface area contributed by atoms with Crippen molar-refractivity contribution >= 4 is 34.3 Å². The van der Waals surface area contributed by atoms with Gasteiger partial charge in [0.25, 0.3) is 0 Å². The summed E-state index contributed by atoms with van der Waals surface area (Å²) in [5, 5.41) is 2.26. The van der Waals surface area contributed by atoms with Crippen molar-refractivity contribution in [1.82, 2.24) is 14.4 Å². The van der Waals surface area contributed by atoms with Gasteiger partial charge in [0.05, 0.1) is 0 Å². The molecule has 0 spiro atoms. The van der Waals surface area contributed by atoms with Crippen LogP contribution in [0.5, 0.6) is 11.5 Å². The van der Waals surface area contributed by atoms with Crippen LogP contribution in [0.1, 0.15) is 6.42 Å². The molecule has 1 aliphatic heterocycles. The molecule has 0 N–H and O–H groups in total. The van der Waals surface area contributed by atoms with E-state index in [9.17, 15) is 0 Å². The Kier molecular flexibility index (Phi) is 5.00. The second-order valence-electron chi connectivity index (χ2n) is 8.33. The summed E-state index contributed by atoms with van der Waals surface area (Å²) in [6, 6.07) is 31.0. The molecule has 2 aliphatic rings. The molecule has 0 fully saturated rings. The molecular formula is C27H18BN3O2Pt. The number of para-hydroxylation sites is 1. The normalized spacial score (nSPS) is 14.3. The molecule has 5 aromatic rings. The molecule has 0 radical (unpaired) electrons. The zero-order chi connectivity index (χ0) is 21.9. The molecule has 7 rings (SSSR count). The first-order chi connectivity index (χ1) is 16.3. The molecule has 5 nitrogen and oxygen atoms in total. The van der Waals surface area contributed by atoms with Gasteiger partial charge in [-0.2, -0.15) is 18.2 Å². The van der Waals surface area contributed by atoms with Gasteiger partial charge in [-0.1, -0.05) is 29.8 Å². The van der Waals surface area contributed by atoms with Gasteiger partial charge in [0.1, 0.15) is 11.6 Å². The first kappa shape index (κ1) is 21.1. The van der Waals surface area contributed by atoms with Gasteiger partial charge in [-0.25, -0.2) is 4.98 Å². The van der Waals surface area contributed by atoms with E-state index in [0.29, 0.717) is 11.5 Å². The number of aromatic nitrogens is 2. The Morgan fingerprint density at radius 2 is 1.76 bits per heavy atom. The first-order valence-corrected chi connectivity index (χ1v) is 10.9. The Morgan fingerprint density at radius 1 is 0.912 bits per heavy atom. The minimum absolute atomic E-state index is 0. The van der Waals surface area contributed by atoms with Crippen LogP contribution in [0.15, 0.2) is 90.4 Å². The SMILES string of the molecule is CN1B(c2[c-]c(Oc3[c-]c4c(cc3)c3ccccc3n4-c3ccccn3)ccc2)OC2=C1C2.[Pt+2]. The van der Waals surface area contributed by atoms with Gasteiger partial charge in [-0.3, -0.25) is 0 Å². The third-order valence-electron chi connectivity index (χ3n) is 6.27. The van der Waals surface area contributed by atoms with Crippen LogP contribution in [0.25, 0.3) is 27.6 Å². The first-order valence-electron chi connectivity index (χ1n) is 10.9. The molecule has 0 unspecified atom stereocenters. The summed E-state index contributed by atoms with van der Waals surface area (Å²) < 4.78 is 14.3. The largest absolute Gasteiger partial charge is 2.00 e. The van der Waals surface area contributed by atoms with Gasteiger partial charge in [0, 0.05) is 35.3 Å². The van der Waals surface area contributed by atoms with E-state index in [-0.39, 0.29) is 28.1 Å². The summed E-state index contributed by atoms with van der Waals surface area (Å²) in [7, 11) is 1.92. The fourth-order valence-corrected chi connectivity index (χ4v) is 4.61. The molecule has 0 saturated heterocycles. The van der Waals surface area contributed by atoms with Crippen LogP contribution in [0, 0.1) is 12.1 Å². The maximum absolute atomic E-state index is 6.21. The number of fused-ring (bicyclic) bond motifs is 3. The Morgan fingerprint density at radius 3 is 2.59 bits per heavy atom. The van der Waals surface area contributed by atoms with Crippen molar-refractivity contribution in [2.24, 2.45) is 0 Å². The summed E-state index contributed by atoms with van der Waals surface area (Å²) in [5.41, 5.74) is 4.24. The van der Waals surface area contributed by atoms with Crippen LogP contribution in [0.2, 0.25) is 0 Å². The zero-order valence-electron chi connectivity index (χ0n) is 18.3. The van der Waals surface area contributed by atoms with Crippen molar-refractivity contribution in [3.05, 3.63) is 103 Å². The van der Waals surface area contributed by atoms with E-state index in [1.165, 1.54) is 5.70 Å². The monoisotopic (exact) mass is 622 g/mol. The van der Waals surface area contributed by atoms with Gasteiger partial charge in [0.15, 0.2) is 0 Å².